The van der Waals surface area contributed by atoms with Gasteiger partial charge in [-0.15, -0.1) is 13.2 Å². The number of hydrogen-bond acceptors (Lipinski definition) is 5. The summed E-state index contributed by atoms with van der Waals surface area (Å²) >= 11 is 0. The zero-order valence-electron chi connectivity index (χ0n) is 13.9. The van der Waals surface area contributed by atoms with Gasteiger partial charge in [0.05, 0.1) is 7.11 Å². The van der Waals surface area contributed by atoms with Gasteiger partial charge in [0.2, 0.25) is 0 Å². The number of Topliss-reactive ketones (excluding diaryl/α,β-unsaturated/α-hetero) is 1. The van der Waals surface area contributed by atoms with Crippen molar-refractivity contribution in [1.29, 1.82) is 0 Å². The number of alkyl halides is 3. The number of carbonyl (C=O) groups is 2. The van der Waals surface area contributed by atoms with Crippen molar-refractivity contribution in [3.8, 4) is 17.2 Å². The molecule has 0 bridgehead atoms. The topological polar surface area (TPSA) is 61.8 Å². The van der Waals surface area contributed by atoms with Gasteiger partial charge in [-0.2, -0.15) is 0 Å². The highest BCUT2D eigenvalue weighted by Gasteiger charge is 2.31. The van der Waals surface area contributed by atoms with E-state index in [0.717, 1.165) is 12.1 Å². The van der Waals surface area contributed by atoms with Gasteiger partial charge in [0.15, 0.2) is 0 Å². The van der Waals surface area contributed by atoms with E-state index in [1.807, 2.05) is 0 Å². The van der Waals surface area contributed by atoms with Crippen LogP contribution in [0.4, 0.5) is 13.2 Å². The summed E-state index contributed by atoms with van der Waals surface area (Å²) in [5.41, 5.74) is 0.450. The Hall–Kier alpha value is -3.03. The Balaban J connectivity index is 2.09. The largest absolute Gasteiger partial charge is 0.573 e. The first-order valence-corrected chi connectivity index (χ1v) is 7.41. The first kappa shape index (κ1) is 19.3. The van der Waals surface area contributed by atoms with E-state index in [-0.39, 0.29) is 11.5 Å². The molecular weight excluding hydrogens is 353 g/mol. The number of halogens is 3. The highest BCUT2D eigenvalue weighted by Crippen LogP contribution is 2.28. The number of benzene rings is 2. The molecular formula is C18H15F3O5. The molecule has 0 aliphatic rings. The molecule has 26 heavy (non-hydrogen) atoms. The lowest BCUT2D eigenvalue weighted by Gasteiger charge is -2.13. The second kappa shape index (κ2) is 7.90. The maximum atomic E-state index is 12.1. The molecule has 5 nitrogen and oxygen atoms in total. The van der Waals surface area contributed by atoms with Crippen molar-refractivity contribution < 1.29 is 37.0 Å². The van der Waals surface area contributed by atoms with Crippen LogP contribution >= 0.6 is 0 Å². The fourth-order valence-electron chi connectivity index (χ4n) is 2.23. The quantitative estimate of drug-likeness (QED) is 0.564. The first-order chi connectivity index (χ1) is 12.2. The molecule has 0 amide bonds. The van der Waals surface area contributed by atoms with E-state index in [1.165, 1.54) is 38.3 Å². The minimum Gasteiger partial charge on any atom is -0.468 e. The zero-order chi connectivity index (χ0) is 19.3. The second-order valence-corrected chi connectivity index (χ2v) is 5.26. The van der Waals surface area contributed by atoms with E-state index < -0.39 is 18.2 Å². The van der Waals surface area contributed by atoms with Crippen LogP contribution in [0.2, 0.25) is 0 Å². The van der Waals surface area contributed by atoms with Crippen molar-refractivity contribution >= 4 is 11.8 Å². The number of esters is 1. The van der Waals surface area contributed by atoms with Crippen LogP contribution in [0, 0.1) is 0 Å². The SMILES string of the molecule is COC(=O)C(C(C)=O)c1ccc(Oc2ccc(OC(F)(F)F)cc2)cc1. The summed E-state index contributed by atoms with van der Waals surface area (Å²) in [6.07, 6.45) is -4.76. The fourth-order valence-corrected chi connectivity index (χ4v) is 2.23. The molecule has 0 N–H and O–H groups in total. The van der Waals surface area contributed by atoms with Gasteiger partial charge in [-0.1, -0.05) is 12.1 Å². The number of ketones is 1. The van der Waals surface area contributed by atoms with E-state index in [0.29, 0.717) is 17.1 Å². The van der Waals surface area contributed by atoms with Crippen molar-refractivity contribution in [3.63, 3.8) is 0 Å². The predicted octanol–water partition coefficient (Wildman–Crippen LogP) is 4.22. The monoisotopic (exact) mass is 368 g/mol. The van der Waals surface area contributed by atoms with Crippen LogP contribution in [0.3, 0.4) is 0 Å². The molecule has 0 aliphatic heterocycles. The summed E-state index contributed by atoms with van der Waals surface area (Å²) < 4.78 is 50.3. The van der Waals surface area contributed by atoms with Crippen LogP contribution in [0.5, 0.6) is 17.2 Å². The Kier molecular flexibility index (Phi) is 5.86. The van der Waals surface area contributed by atoms with Crippen LogP contribution in [0.25, 0.3) is 0 Å². The minimum atomic E-state index is -4.76. The summed E-state index contributed by atoms with van der Waals surface area (Å²) in [5, 5.41) is 0. The number of ether oxygens (including phenoxy) is 3. The Bertz CT molecular complexity index is 767. The van der Waals surface area contributed by atoms with E-state index in [9.17, 15) is 22.8 Å². The Labute approximate surface area is 147 Å². The molecule has 0 aliphatic carbocycles. The minimum absolute atomic E-state index is 0.295. The maximum absolute atomic E-state index is 12.1. The van der Waals surface area contributed by atoms with Gasteiger partial charge in [0, 0.05) is 0 Å². The maximum Gasteiger partial charge on any atom is 0.573 e. The van der Waals surface area contributed by atoms with Gasteiger partial charge in [-0.05, 0) is 48.9 Å². The van der Waals surface area contributed by atoms with Crippen molar-refractivity contribution in [3.05, 3.63) is 54.1 Å². The summed E-state index contributed by atoms with van der Waals surface area (Å²) in [7, 11) is 1.20. The average Bonchev–Trinajstić information content (AvgIpc) is 2.56. The molecule has 0 fully saturated rings. The average molecular weight is 368 g/mol. The Morgan fingerprint density at radius 2 is 1.35 bits per heavy atom. The highest BCUT2D eigenvalue weighted by atomic mass is 19.4. The molecule has 1 atom stereocenters. The molecule has 0 aromatic heterocycles. The molecule has 0 radical (unpaired) electrons. The van der Waals surface area contributed by atoms with Crippen molar-refractivity contribution in [2.24, 2.45) is 0 Å². The summed E-state index contributed by atoms with van der Waals surface area (Å²) in [6.45, 7) is 1.29. The number of carbonyl (C=O) groups excluding carboxylic acids is 2. The van der Waals surface area contributed by atoms with Gasteiger partial charge >= 0.3 is 12.3 Å². The lowest BCUT2D eigenvalue weighted by Crippen LogP contribution is -2.21. The number of hydrogen-bond donors (Lipinski definition) is 0. The molecule has 2 aromatic rings. The second-order valence-electron chi connectivity index (χ2n) is 5.26. The predicted molar refractivity (Wildman–Crippen MR) is 85.1 cm³/mol. The van der Waals surface area contributed by atoms with Crippen molar-refractivity contribution in [1.82, 2.24) is 0 Å². The van der Waals surface area contributed by atoms with Crippen LogP contribution in [-0.4, -0.2) is 25.2 Å². The number of rotatable bonds is 6. The summed E-state index contributed by atoms with van der Waals surface area (Å²) in [4.78, 5) is 23.3. The van der Waals surface area contributed by atoms with E-state index in [1.54, 1.807) is 12.1 Å². The van der Waals surface area contributed by atoms with Gasteiger partial charge in [0.25, 0.3) is 0 Å². The van der Waals surface area contributed by atoms with E-state index in [4.69, 9.17) is 4.74 Å². The number of methoxy groups -OCH3 is 1. The molecule has 1 unspecified atom stereocenters. The Morgan fingerprint density at radius 1 is 0.885 bits per heavy atom. The molecule has 8 heteroatoms. The van der Waals surface area contributed by atoms with Gasteiger partial charge in [0.1, 0.15) is 28.9 Å². The molecule has 0 saturated carbocycles. The van der Waals surface area contributed by atoms with Crippen LogP contribution in [-0.2, 0) is 14.3 Å². The van der Waals surface area contributed by atoms with Gasteiger partial charge in [-0.3, -0.25) is 9.59 Å². The van der Waals surface area contributed by atoms with E-state index in [2.05, 4.69) is 9.47 Å². The highest BCUT2D eigenvalue weighted by molar-refractivity contribution is 6.03. The van der Waals surface area contributed by atoms with Crippen LogP contribution in [0.15, 0.2) is 48.5 Å². The lowest BCUT2D eigenvalue weighted by molar-refractivity contribution is -0.274. The molecule has 0 heterocycles. The van der Waals surface area contributed by atoms with Crippen LogP contribution < -0.4 is 9.47 Å². The molecule has 0 saturated heterocycles. The molecule has 2 rings (SSSR count). The zero-order valence-corrected chi connectivity index (χ0v) is 13.9. The van der Waals surface area contributed by atoms with Gasteiger partial charge < -0.3 is 14.2 Å². The smallest absolute Gasteiger partial charge is 0.468 e. The fraction of sp³-hybridized carbons (Fsp3) is 0.222. The van der Waals surface area contributed by atoms with Crippen LogP contribution in [0.1, 0.15) is 18.4 Å². The Morgan fingerprint density at radius 3 is 1.77 bits per heavy atom. The standard InChI is InChI=1S/C18H15F3O5/c1-11(22)16(17(23)24-2)12-3-5-13(6-4-12)25-14-7-9-15(10-8-14)26-18(19,20)21/h3-10,16H,1-2H3. The lowest BCUT2D eigenvalue weighted by atomic mass is 9.95. The summed E-state index contributed by atoms with van der Waals surface area (Å²) in [5.74, 6) is -1.72. The molecule has 0 spiro atoms. The normalized spacial score (nSPS) is 12.2. The summed E-state index contributed by atoms with van der Waals surface area (Å²) in [6, 6.07) is 11.0. The molecule has 2 aromatic carbocycles. The third-order valence-electron chi connectivity index (χ3n) is 3.35. The van der Waals surface area contributed by atoms with Gasteiger partial charge in [-0.25, -0.2) is 0 Å². The molecule has 138 valence electrons. The third kappa shape index (κ3) is 5.23. The first-order valence-electron chi connectivity index (χ1n) is 7.41. The third-order valence-corrected chi connectivity index (χ3v) is 3.35. The van der Waals surface area contributed by atoms with E-state index >= 15 is 0 Å². The van der Waals surface area contributed by atoms with Crippen molar-refractivity contribution in [2.75, 3.05) is 7.11 Å². The van der Waals surface area contributed by atoms with Crippen molar-refractivity contribution in [2.45, 2.75) is 19.2 Å².